The maximum Gasteiger partial charge on any atom is 0.303 e. The van der Waals surface area contributed by atoms with Crippen molar-refractivity contribution >= 4 is 17.6 Å². The molecule has 6 heteroatoms. The molecule has 0 aromatic heterocycles. The summed E-state index contributed by atoms with van der Waals surface area (Å²) < 4.78 is 13.0. The third-order valence-electron chi connectivity index (χ3n) is 3.60. The number of halogens is 1. The molecular weight excluding hydrogens is 275 g/mol. The van der Waals surface area contributed by atoms with Gasteiger partial charge in [0.15, 0.2) is 0 Å². The van der Waals surface area contributed by atoms with Crippen molar-refractivity contribution in [3.8, 4) is 0 Å². The number of nitrogens with zero attached hydrogens (tertiary/aromatic N) is 1. The number of aliphatic carboxylic acids is 1. The highest BCUT2D eigenvalue weighted by atomic mass is 19.1. The number of anilines is 1. The van der Waals surface area contributed by atoms with Crippen LogP contribution in [-0.4, -0.2) is 41.5 Å². The van der Waals surface area contributed by atoms with Gasteiger partial charge in [0.1, 0.15) is 5.82 Å². The number of carbonyl (C=O) groups is 2. The molecule has 1 aromatic rings. The lowest BCUT2D eigenvalue weighted by atomic mass is 10.1. The second-order valence-electron chi connectivity index (χ2n) is 5.36. The molecule has 1 amide bonds. The zero-order chi connectivity index (χ0) is 15.2. The summed E-state index contributed by atoms with van der Waals surface area (Å²) in [5, 5.41) is 11.4. The van der Waals surface area contributed by atoms with Gasteiger partial charge in [0, 0.05) is 31.6 Å². The van der Waals surface area contributed by atoms with Gasteiger partial charge in [-0.2, -0.15) is 0 Å². The highest BCUT2D eigenvalue weighted by molar-refractivity contribution is 5.90. The molecule has 1 unspecified atom stereocenters. The first kappa shape index (κ1) is 15.4. The second-order valence-corrected chi connectivity index (χ2v) is 5.36. The lowest BCUT2D eigenvalue weighted by molar-refractivity contribution is -0.138. The first-order chi connectivity index (χ1) is 10.0. The molecule has 0 aliphatic carbocycles. The van der Waals surface area contributed by atoms with Crippen molar-refractivity contribution in [3.05, 3.63) is 30.1 Å². The van der Waals surface area contributed by atoms with Crippen molar-refractivity contribution in [1.82, 2.24) is 4.90 Å². The number of hydrogen-bond donors (Lipinski definition) is 2. The first-order valence-electron chi connectivity index (χ1n) is 7.02. The van der Waals surface area contributed by atoms with E-state index >= 15 is 0 Å². The number of amides is 1. The van der Waals surface area contributed by atoms with Crippen LogP contribution in [0.4, 0.5) is 10.1 Å². The highest BCUT2D eigenvalue weighted by Crippen LogP contribution is 2.19. The number of nitrogens with one attached hydrogen (secondary N) is 1. The van der Waals surface area contributed by atoms with E-state index in [2.05, 4.69) is 10.2 Å². The van der Waals surface area contributed by atoms with Gasteiger partial charge in [-0.05, 0) is 37.1 Å². The van der Waals surface area contributed by atoms with Gasteiger partial charge < -0.3 is 15.3 Å². The van der Waals surface area contributed by atoms with Crippen molar-refractivity contribution < 1.29 is 19.1 Å². The minimum absolute atomic E-state index is 0.165. The van der Waals surface area contributed by atoms with Gasteiger partial charge in [-0.3, -0.25) is 9.59 Å². The summed E-state index contributed by atoms with van der Waals surface area (Å²) in [6.07, 6.45) is 1.36. The molecule has 5 nitrogen and oxygen atoms in total. The largest absolute Gasteiger partial charge is 0.481 e. The number of likely N-dealkylation sites (tertiary alicyclic amines) is 1. The minimum Gasteiger partial charge on any atom is -0.481 e. The van der Waals surface area contributed by atoms with E-state index in [-0.39, 0.29) is 24.1 Å². The van der Waals surface area contributed by atoms with Crippen LogP contribution in [-0.2, 0) is 9.59 Å². The Morgan fingerprint density at radius 2 is 2.24 bits per heavy atom. The summed E-state index contributed by atoms with van der Waals surface area (Å²) in [6.45, 7) is 2.14. The van der Waals surface area contributed by atoms with E-state index in [9.17, 15) is 14.0 Å². The molecule has 2 N–H and O–H groups in total. The maximum atomic E-state index is 13.0. The lowest BCUT2D eigenvalue weighted by Gasteiger charge is -2.15. The van der Waals surface area contributed by atoms with Crippen molar-refractivity contribution in [2.24, 2.45) is 5.92 Å². The Bertz CT molecular complexity index is 521. The fourth-order valence-corrected chi connectivity index (χ4v) is 2.58. The Hall–Kier alpha value is -1.95. The van der Waals surface area contributed by atoms with Crippen molar-refractivity contribution in [3.63, 3.8) is 0 Å². The molecule has 0 radical (unpaired) electrons. The normalized spacial score (nSPS) is 18.6. The van der Waals surface area contributed by atoms with Crippen molar-refractivity contribution in [2.45, 2.75) is 19.3 Å². The molecule has 1 fully saturated rings. The zero-order valence-corrected chi connectivity index (χ0v) is 11.7. The van der Waals surface area contributed by atoms with Crippen LogP contribution in [0, 0.1) is 11.7 Å². The maximum absolute atomic E-state index is 13.0. The molecule has 1 atom stereocenters. The van der Waals surface area contributed by atoms with Gasteiger partial charge in [-0.25, -0.2) is 4.39 Å². The van der Waals surface area contributed by atoms with Gasteiger partial charge in [-0.1, -0.05) is 6.07 Å². The Morgan fingerprint density at radius 1 is 1.43 bits per heavy atom. The van der Waals surface area contributed by atoms with E-state index in [4.69, 9.17) is 5.11 Å². The molecule has 1 aliphatic heterocycles. The SMILES string of the molecule is O=C(O)CC1CCN(CCC(=O)Nc2cccc(F)c2)C1. The number of carboxylic acids is 1. The van der Waals surface area contributed by atoms with E-state index in [0.29, 0.717) is 18.7 Å². The third kappa shape index (κ3) is 5.15. The topological polar surface area (TPSA) is 69.6 Å². The van der Waals surface area contributed by atoms with E-state index in [0.717, 1.165) is 19.5 Å². The van der Waals surface area contributed by atoms with Gasteiger partial charge in [0.25, 0.3) is 0 Å². The summed E-state index contributed by atoms with van der Waals surface area (Å²) in [6, 6.07) is 5.78. The van der Waals surface area contributed by atoms with E-state index in [1.165, 1.54) is 12.1 Å². The van der Waals surface area contributed by atoms with Crippen molar-refractivity contribution in [2.75, 3.05) is 25.0 Å². The number of carbonyl (C=O) groups excluding carboxylic acids is 1. The summed E-state index contributed by atoms with van der Waals surface area (Å²) in [4.78, 5) is 24.5. The Kier molecular flexibility index (Phi) is 5.27. The average molecular weight is 294 g/mol. The van der Waals surface area contributed by atoms with Crippen LogP contribution in [0.5, 0.6) is 0 Å². The van der Waals surface area contributed by atoms with Crippen LogP contribution in [0.15, 0.2) is 24.3 Å². The van der Waals surface area contributed by atoms with E-state index in [1.807, 2.05) is 0 Å². The molecule has 0 saturated carbocycles. The standard InChI is InChI=1S/C15H19FN2O3/c16-12-2-1-3-13(9-12)17-14(19)5-7-18-6-4-11(10-18)8-15(20)21/h1-3,9,11H,4-8,10H2,(H,17,19)(H,20,21). The third-order valence-corrected chi connectivity index (χ3v) is 3.60. The fourth-order valence-electron chi connectivity index (χ4n) is 2.58. The van der Waals surface area contributed by atoms with Crippen LogP contribution >= 0.6 is 0 Å². The Labute approximate surface area is 122 Å². The number of hydrogen-bond acceptors (Lipinski definition) is 3. The highest BCUT2D eigenvalue weighted by Gasteiger charge is 2.24. The predicted molar refractivity (Wildman–Crippen MR) is 76.4 cm³/mol. The van der Waals surface area contributed by atoms with Gasteiger partial charge >= 0.3 is 5.97 Å². The van der Waals surface area contributed by atoms with Gasteiger partial charge in [0.05, 0.1) is 0 Å². The number of benzene rings is 1. The van der Waals surface area contributed by atoms with Gasteiger partial charge in [-0.15, -0.1) is 0 Å². The Balaban J connectivity index is 1.71. The molecule has 0 spiro atoms. The minimum atomic E-state index is -0.773. The van der Waals surface area contributed by atoms with E-state index in [1.54, 1.807) is 12.1 Å². The smallest absolute Gasteiger partial charge is 0.303 e. The molecule has 1 aliphatic rings. The van der Waals surface area contributed by atoms with E-state index < -0.39 is 5.97 Å². The number of carboxylic acid groups (broad SMARTS) is 1. The molecule has 114 valence electrons. The van der Waals surface area contributed by atoms with Crippen molar-refractivity contribution in [1.29, 1.82) is 0 Å². The second kappa shape index (κ2) is 7.17. The first-order valence-corrected chi connectivity index (χ1v) is 7.02. The lowest BCUT2D eigenvalue weighted by Crippen LogP contribution is -2.26. The van der Waals surface area contributed by atoms with Crippen LogP contribution in [0.1, 0.15) is 19.3 Å². The molecule has 1 saturated heterocycles. The summed E-state index contributed by atoms with van der Waals surface area (Å²) in [5.41, 5.74) is 0.449. The van der Waals surface area contributed by atoms with Crippen LogP contribution < -0.4 is 5.32 Å². The van der Waals surface area contributed by atoms with Gasteiger partial charge in [0.2, 0.25) is 5.91 Å². The molecule has 0 bridgehead atoms. The Morgan fingerprint density at radius 3 is 2.95 bits per heavy atom. The quantitative estimate of drug-likeness (QED) is 0.841. The zero-order valence-electron chi connectivity index (χ0n) is 11.7. The molecule has 2 rings (SSSR count). The number of rotatable bonds is 6. The molecule has 1 aromatic carbocycles. The summed E-state index contributed by atoms with van der Waals surface area (Å²) >= 11 is 0. The van der Waals surface area contributed by atoms with Crippen LogP contribution in [0.3, 0.4) is 0 Å². The van der Waals surface area contributed by atoms with Crippen LogP contribution in [0.25, 0.3) is 0 Å². The molecule has 1 heterocycles. The average Bonchev–Trinajstić information content (AvgIpc) is 2.83. The summed E-state index contributed by atoms with van der Waals surface area (Å²) in [7, 11) is 0. The van der Waals surface area contributed by atoms with Crippen LogP contribution in [0.2, 0.25) is 0 Å². The monoisotopic (exact) mass is 294 g/mol. The molecule has 21 heavy (non-hydrogen) atoms. The molecular formula is C15H19FN2O3. The summed E-state index contributed by atoms with van der Waals surface area (Å²) in [5.74, 6) is -1.15. The fraction of sp³-hybridized carbons (Fsp3) is 0.467. The predicted octanol–water partition coefficient (Wildman–Crippen LogP) is 1.95.